The molecule has 0 aliphatic rings. The van der Waals surface area contributed by atoms with Crippen LogP contribution in [-0.4, -0.2) is 38.1 Å². The van der Waals surface area contributed by atoms with Gasteiger partial charge in [0.15, 0.2) is 5.11 Å². The van der Waals surface area contributed by atoms with Gasteiger partial charge in [-0.3, -0.25) is 0 Å². The van der Waals surface area contributed by atoms with Crippen LogP contribution in [0.4, 0.5) is 5.69 Å². The minimum atomic E-state index is -4.83. The van der Waals surface area contributed by atoms with Crippen molar-refractivity contribution in [1.29, 1.82) is 0 Å². The van der Waals surface area contributed by atoms with E-state index >= 15 is 0 Å². The minimum Gasteiger partial charge on any atom is -0.744 e. The van der Waals surface area contributed by atoms with Crippen LogP contribution in [0.5, 0.6) is 0 Å². The molecule has 2 aromatic carbocycles. The molecule has 144 valence electrons. The van der Waals surface area contributed by atoms with Crippen molar-refractivity contribution in [2.24, 2.45) is 0 Å². The van der Waals surface area contributed by atoms with Crippen molar-refractivity contribution in [2.45, 2.75) is 9.79 Å². The third-order valence-corrected chi connectivity index (χ3v) is 5.51. The maximum Gasteiger partial charge on any atom is 1.00 e. The fourth-order valence-electron chi connectivity index (χ4n) is 2.19. The summed E-state index contributed by atoms with van der Waals surface area (Å²) in [6.45, 7) is 0. The number of rotatable bonds is 5. The average Bonchev–Trinajstić information content (AvgIpc) is 2.59. The summed E-state index contributed by atoms with van der Waals surface area (Å²) in [5.74, 6) is 0. The van der Waals surface area contributed by atoms with Crippen molar-refractivity contribution < 1.29 is 85.1 Å². The van der Waals surface area contributed by atoms with Gasteiger partial charge in [0.05, 0.1) is 9.79 Å². The fraction of sp³-hybridized carbons (Fsp3) is 0.0625. The van der Waals surface area contributed by atoms with Gasteiger partial charge in [-0.05, 0) is 41.5 Å². The van der Waals surface area contributed by atoms with Gasteiger partial charge >= 0.3 is 59.1 Å². The summed E-state index contributed by atoms with van der Waals surface area (Å²) in [6.07, 6.45) is 2.50. The van der Waals surface area contributed by atoms with Crippen molar-refractivity contribution in [3.8, 4) is 0 Å². The maximum absolute atomic E-state index is 11.6. The maximum atomic E-state index is 11.6. The molecule has 8 nitrogen and oxygen atoms in total. The predicted octanol–water partition coefficient (Wildman–Crippen LogP) is -4.41. The summed E-state index contributed by atoms with van der Waals surface area (Å²) in [7, 11) is -7.97. The van der Waals surface area contributed by atoms with E-state index in [1.54, 1.807) is 7.05 Å². The van der Waals surface area contributed by atoms with Crippen LogP contribution < -0.4 is 69.7 Å². The molecule has 0 amide bonds. The van der Waals surface area contributed by atoms with Gasteiger partial charge in [0, 0.05) is 12.7 Å². The number of hydrogen-bond acceptors (Lipinski definition) is 7. The smallest absolute Gasteiger partial charge is 0.744 e. The van der Waals surface area contributed by atoms with Crippen LogP contribution in [0.25, 0.3) is 12.2 Å². The van der Waals surface area contributed by atoms with Gasteiger partial charge in [-0.25, -0.2) is 16.8 Å². The molecule has 0 bridgehead atoms. The van der Waals surface area contributed by atoms with E-state index in [4.69, 9.17) is 12.2 Å². The Morgan fingerprint density at radius 3 is 1.93 bits per heavy atom. The molecule has 0 heterocycles. The SMILES string of the molecule is CNC(=S)Nc1ccc(C=Cc2ccccc2S(=O)(=O)[O-])c(S(=O)(=O)[O-])c1.[Na+].[Na+]. The monoisotopic (exact) mass is 472 g/mol. The standard InChI is InChI=1S/C16H16N2O6S3.2Na/c1-17-16(25)18-13-9-8-12(15(10-13)27(22,23)24)7-6-11-4-2-3-5-14(11)26(19,20)21;;/h2-10H,1H3,(H2,17,18,25)(H,19,20,21)(H,22,23,24);;/q;2*+1/p-2. The van der Waals surface area contributed by atoms with Crippen molar-refractivity contribution in [2.75, 3.05) is 12.4 Å². The molecule has 0 saturated heterocycles. The summed E-state index contributed by atoms with van der Waals surface area (Å²) in [6, 6.07) is 9.39. The number of anilines is 1. The zero-order valence-electron chi connectivity index (χ0n) is 15.9. The Kier molecular flexibility index (Phi) is 11.8. The zero-order valence-corrected chi connectivity index (χ0v) is 22.3. The first kappa shape index (κ1) is 28.7. The number of hydrogen-bond donors (Lipinski definition) is 2. The number of benzene rings is 2. The van der Waals surface area contributed by atoms with E-state index in [-0.39, 0.29) is 81.0 Å². The van der Waals surface area contributed by atoms with Gasteiger partial charge in [0.25, 0.3) is 0 Å². The van der Waals surface area contributed by atoms with E-state index in [1.165, 1.54) is 42.5 Å². The van der Waals surface area contributed by atoms with Crippen LogP contribution in [0.15, 0.2) is 52.3 Å². The Bertz CT molecular complexity index is 1120. The molecule has 0 fully saturated rings. The zero-order chi connectivity index (χ0) is 20.2. The molecule has 2 N–H and O–H groups in total. The van der Waals surface area contributed by atoms with E-state index in [9.17, 15) is 25.9 Å². The molecule has 0 aliphatic carbocycles. The van der Waals surface area contributed by atoms with E-state index in [1.807, 2.05) is 0 Å². The second kappa shape index (κ2) is 11.9. The van der Waals surface area contributed by atoms with Crippen LogP contribution in [0.1, 0.15) is 11.1 Å². The molecule has 29 heavy (non-hydrogen) atoms. The Hall–Kier alpha value is -0.310. The van der Waals surface area contributed by atoms with Crippen LogP contribution in [-0.2, 0) is 20.2 Å². The Labute approximate surface area is 219 Å². The quantitative estimate of drug-likeness (QED) is 0.191. The summed E-state index contributed by atoms with van der Waals surface area (Å²) in [4.78, 5) is -0.976. The first-order valence-corrected chi connectivity index (χ1v) is 10.6. The third-order valence-electron chi connectivity index (χ3n) is 3.40. The molecule has 2 rings (SSSR count). The molecule has 0 aromatic heterocycles. The molecular weight excluding hydrogens is 458 g/mol. The van der Waals surface area contributed by atoms with E-state index in [0.717, 1.165) is 12.1 Å². The predicted molar refractivity (Wildman–Crippen MR) is 103 cm³/mol. The molecule has 2 aromatic rings. The van der Waals surface area contributed by atoms with Crippen LogP contribution in [0.3, 0.4) is 0 Å². The van der Waals surface area contributed by atoms with Crippen molar-refractivity contribution in [3.63, 3.8) is 0 Å². The molecule has 0 spiro atoms. The molecule has 13 heteroatoms. The van der Waals surface area contributed by atoms with Crippen molar-refractivity contribution in [3.05, 3.63) is 53.6 Å². The molecule has 0 aliphatic heterocycles. The third kappa shape index (κ3) is 8.38. The summed E-state index contributed by atoms with van der Waals surface area (Å²) in [5, 5.41) is 5.58. The van der Waals surface area contributed by atoms with Crippen molar-refractivity contribution in [1.82, 2.24) is 5.32 Å². The first-order valence-electron chi connectivity index (χ1n) is 7.34. The summed E-state index contributed by atoms with van der Waals surface area (Å²) >= 11 is 4.92. The van der Waals surface area contributed by atoms with Gasteiger partial charge in [-0.15, -0.1) is 0 Å². The number of nitrogens with one attached hydrogen (secondary N) is 2. The van der Waals surface area contributed by atoms with Crippen LogP contribution in [0, 0.1) is 0 Å². The van der Waals surface area contributed by atoms with Gasteiger partial charge in [0.1, 0.15) is 20.2 Å². The molecular formula is C16H14N2Na2O6S3. The Balaban J connectivity index is 0.00000392. The second-order valence-corrected chi connectivity index (χ2v) is 8.34. The van der Waals surface area contributed by atoms with Crippen molar-refractivity contribution >= 4 is 55.4 Å². The normalized spacial score (nSPS) is 11.3. The van der Waals surface area contributed by atoms with Gasteiger partial charge in [0.2, 0.25) is 0 Å². The first-order chi connectivity index (χ1) is 12.5. The minimum absolute atomic E-state index is 0. The molecule has 0 atom stereocenters. The van der Waals surface area contributed by atoms with E-state index in [2.05, 4.69) is 10.6 Å². The van der Waals surface area contributed by atoms with Crippen LogP contribution in [0.2, 0.25) is 0 Å². The average molecular weight is 472 g/mol. The molecule has 0 unspecified atom stereocenters. The van der Waals surface area contributed by atoms with E-state index in [0.29, 0.717) is 0 Å². The Morgan fingerprint density at radius 2 is 1.41 bits per heavy atom. The van der Waals surface area contributed by atoms with Crippen LogP contribution >= 0.6 is 12.2 Å². The number of thiocarbonyl (C=S) groups is 1. The topological polar surface area (TPSA) is 138 Å². The summed E-state index contributed by atoms with van der Waals surface area (Å²) in [5.41, 5.74) is 0.382. The largest absolute Gasteiger partial charge is 1.00 e. The second-order valence-electron chi connectivity index (χ2n) is 5.24. The fourth-order valence-corrected chi connectivity index (χ4v) is 3.67. The van der Waals surface area contributed by atoms with Gasteiger partial charge in [-0.1, -0.05) is 36.4 Å². The summed E-state index contributed by atoms with van der Waals surface area (Å²) < 4.78 is 68.7. The van der Waals surface area contributed by atoms with Gasteiger partial charge in [-0.2, -0.15) is 0 Å². The van der Waals surface area contributed by atoms with E-state index < -0.39 is 30.0 Å². The molecule has 0 saturated carbocycles. The molecule has 0 radical (unpaired) electrons. The Morgan fingerprint density at radius 1 is 0.897 bits per heavy atom. The van der Waals surface area contributed by atoms with Gasteiger partial charge < -0.3 is 19.7 Å².